The lowest BCUT2D eigenvalue weighted by Crippen LogP contribution is -2.21. The van der Waals surface area contributed by atoms with E-state index in [1.54, 1.807) is 0 Å². The third kappa shape index (κ3) is 3.21. The molecule has 0 unspecified atom stereocenters. The Morgan fingerprint density at radius 3 is 2.61 bits per heavy atom. The fraction of sp³-hybridized carbons (Fsp3) is 0.100. The van der Waals surface area contributed by atoms with Crippen molar-refractivity contribution in [1.82, 2.24) is 0 Å². The van der Waals surface area contributed by atoms with Crippen molar-refractivity contribution in [2.24, 2.45) is 5.16 Å². The summed E-state index contributed by atoms with van der Waals surface area (Å²) in [5, 5.41) is 21.1. The van der Waals surface area contributed by atoms with Crippen molar-refractivity contribution in [3.8, 4) is 6.07 Å². The van der Waals surface area contributed by atoms with E-state index in [1.807, 2.05) is 5.32 Å². The number of amides is 1. The van der Waals surface area contributed by atoms with Crippen LogP contribution in [-0.4, -0.2) is 16.8 Å². The maximum Gasteiger partial charge on any atom is 0.416 e. The third-order valence-electron chi connectivity index (χ3n) is 1.87. The number of rotatable bonds is 2. The van der Waals surface area contributed by atoms with Crippen molar-refractivity contribution < 1.29 is 23.2 Å². The van der Waals surface area contributed by atoms with Crippen LogP contribution < -0.4 is 5.32 Å². The lowest BCUT2D eigenvalue weighted by atomic mass is 10.2. The van der Waals surface area contributed by atoms with Crippen LogP contribution in [0.3, 0.4) is 0 Å². The zero-order chi connectivity index (χ0) is 13.8. The van der Waals surface area contributed by atoms with Crippen LogP contribution in [0.25, 0.3) is 0 Å². The number of alkyl halides is 3. The van der Waals surface area contributed by atoms with E-state index in [0.29, 0.717) is 6.07 Å². The molecule has 0 saturated heterocycles. The van der Waals surface area contributed by atoms with Gasteiger partial charge in [0.1, 0.15) is 6.07 Å². The molecule has 2 N–H and O–H groups in total. The molecule has 1 aromatic carbocycles. The normalized spacial score (nSPS) is 11.8. The Morgan fingerprint density at radius 2 is 2.11 bits per heavy atom. The summed E-state index contributed by atoms with van der Waals surface area (Å²) in [5.74, 6) is -1.10. The average Bonchev–Trinajstić information content (AvgIpc) is 2.29. The van der Waals surface area contributed by atoms with E-state index in [2.05, 4.69) is 5.16 Å². The molecule has 0 aromatic heterocycles. The molecule has 0 heterocycles. The molecule has 8 heteroatoms. The monoisotopic (exact) mass is 257 g/mol. The summed E-state index contributed by atoms with van der Waals surface area (Å²) in [6, 6.07) is 5.12. The number of carbonyl (C=O) groups is 1. The Labute approximate surface area is 99.1 Å². The van der Waals surface area contributed by atoms with Gasteiger partial charge >= 0.3 is 6.18 Å². The largest absolute Gasteiger partial charge is 0.416 e. The van der Waals surface area contributed by atoms with Gasteiger partial charge in [-0.1, -0.05) is 11.2 Å². The summed E-state index contributed by atoms with van der Waals surface area (Å²) in [4.78, 5) is 11.2. The maximum atomic E-state index is 12.4. The van der Waals surface area contributed by atoms with E-state index in [1.165, 1.54) is 12.1 Å². The van der Waals surface area contributed by atoms with Crippen molar-refractivity contribution in [2.45, 2.75) is 6.18 Å². The van der Waals surface area contributed by atoms with Crippen molar-refractivity contribution in [3.05, 3.63) is 29.8 Å². The van der Waals surface area contributed by atoms with Gasteiger partial charge < -0.3 is 10.5 Å². The quantitative estimate of drug-likeness (QED) is 0.482. The molecular weight excluding hydrogens is 251 g/mol. The van der Waals surface area contributed by atoms with Gasteiger partial charge in [-0.05, 0) is 18.2 Å². The van der Waals surface area contributed by atoms with Crippen LogP contribution in [0.4, 0.5) is 18.9 Å². The smallest absolute Gasteiger partial charge is 0.410 e. The summed E-state index contributed by atoms with van der Waals surface area (Å²) < 4.78 is 37.1. The molecule has 1 amide bonds. The Bertz CT molecular complexity index is 532. The summed E-state index contributed by atoms with van der Waals surface area (Å²) in [6.07, 6.45) is -4.54. The minimum Gasteiger partial charge on any atom is -0.410 e. The highest BCUT2D eigenvalue weighted by Gasteiger charge is 2.30. The second-order valence-corrected chi connectivity index (χ2v) is 3.09. The van der Waals surface area contributed by atoms with Crippen LogP contribution in [-0.2, 0) is 11.0 Å². The van der Waals surface area contributed by atoms with Crippen LogP contribution >= 0.6 is 0 Å². The molecule has 0 spiro atoms. The fourth-order valence-electron chi connectivity index (χ4n) is 1.08. The van der Waals surface area contributed by atoms with Crippen LogP contribution in [0, 0.1) is 11.3 Å². The molecule has 5 nitrogen and oxygen atoms in total. The zero-order valence-corrected chi connectivity index (χ0v) is 8.69. The number of benzene rings is 1. The van der Waals surface area contributed by atoms with Gasteiger partial charge in [-0.15, -0.1) is 0 Å². The molecule has 0 saturated carbocycles. The molecule has 0 aliphatic rings. The number of hydrogen-bond acceptors (Lipinski definition) is 4. The van der Waals surface area contributed by atoms with Crippen molar-refractivity contribution in [1.29, 1.82) is 5.26 Å². The van der Waals surface area contributed by atoms with Crippen LogP contribution in [0.15, 0.2) is 29.4 Å². The summed E-state index contributed by atoms with van der Waals surface area (Å²) in [5.41, 5.74) is -1.96. The highest BCUT2D eigenvalue weighted by atomic mass is 19.4. The Kier molecular flexibility index (Phi) is 3.89. The first-order chi connectivity index (χ1) is 8.38. The van der Waals surface area contributed by atoms with E-state index in [9.17, 15) is 18.0 Å². The predicted molar refractivity (Wildman–Crippen MR) is 54.9 cm³/mol. The maximum absolute atomic E-state index is 12.4. The molecule has 0 bridgehead atoms. The first-order valence-corrected chi connectivity index (χ1v) is 4.49. The Hall–Kier alpha value is -2.56. The molecule has 1 aromatic rings. The summed E-state index contributed by atoms with van der Waals surface area (Å²) in [6.45, 7) is 0. The third-order valence-corrected chi connectivity index (χ3v) is 1.87. The predicted octanol–water partition coefficient (Wildman–Crippen LogP) is 2.00. The minimum absolute atomic E-state index is 0.161. The molecule has 0 aliphatic carbocycles. The summed E-state index contributed by atoms with van der Waals surface area (Å²) in [7, 11) is 0. The molecule has 18 heavy (non-hydrogen) atoms. The Morgan fingerprint density at radius 1 is 1.44 bits per heavy atom. The second kappa shape index (κ2) is 5.18. The van der Waals surface area contributed by atoms with E-state index < -0.39 is 23.4 Å². The van der Waals surface area contributed by atoms with Crippen molar-refractivity contribution in [3.63, 3.8) is 0 Å². The standard InChI is InChI=1S/C10H6F3N3O2/c11-10(12,13)6-2-1-3-7(4-6)15-9(17)8(5-14)16-18/h1-4,18H,(H,15,17)/b16-8+. The van der Waals surface area contributed by atoms with Gasteiger partial charge in [0.2, 0.25) is 5.71 Å². The number of hydrogen-bond donors (Lipinski definition) is 2. The molecular formula is C10H6F3N3O2. The molecule has 0 aliphatic heterocycles. The first kappa shape index (κ1) is 13.5. The lowest BCUT2D eigenvalue weighted by molar-refractivity contribution is -0.137. The van der Waals surface area contributed by atoms with Crippen molar-refractivity contribution >= 4 is 17.3 Å². The molecule has 94 valence electrons. The van der Waals surface area contributed by atoms with Gasteiger partial charge in [0.15, 0.2) is 0 Å². The highest BCUT2D eigenvalue weighted by Crippen LogP contribution is 2.30. The van der Waals surface area contributed by atoms with Crippen LogP contribution in [0.5, 0.6) is 0 Å². The number of nitriles is 1. The number of oxime groups is 1. The number of nitrogens with one attached hydrogen (secondary N) is 1. The van der Waals surface area contributed by atoms with Crippen molar-refractivity contribution in [2.75, 3.05) is 5.32 Å². The van der Waals surface area contributed by atoms with E-state index in [0.717, 1.165) is 12.1 Å². The van der Waals surface area contributed by atoms with E-state index in [-0.39, 0.29) is 5.69 Å². The SMILES string of the molecule is N#C/C(=N\O)C(=O)Nc1cccc(C(F)(F)F)c1. The van der Waals surface area contributed by atoms with Crippen LogP contribution in [0.2, 0.25) is 0 Å². The van der Waals surface area contributed by atoms with Gasteiger partial charge in [-0.25, -0.2) is 0 Å². The molecule has 1 rings (SSSR count). The Balaban J connectivity index is 2.94. The average molecular weight is 257 g/mol. The van der Waals surface area contributed by atoms with Crippen LogP contribution in [0.1, 0.15) is 5.56 Å². The zero-order valence-electron chi connectivity index (χ0n) is 8.69. The number of anilines is 1. The molecule has 0 fully saturated rings. The number of carbonyl (C=O) groups excluding carboxylic acids is 1. The topological polar surface area (TPSA) is 85.5 Å². The fourth-order valence-corrected chi connectivity index (χ4v) is 1.08. The van der Waals surface area contributed by atoms with E-state index in [4.69, 9.17) is 10.5 Å². The highest BCUT2D eigenvalue weighted by molar-refractivity contribution is 6.48. The lowest BCUT2D eigenvalue weighted by Gasteiger charge is -2.08. The first-order valence-electron chi connectivity index (χ1n) is 4.49. The van der Waals surface area contributed by atoms with Gasteiger partial charge in [0.05, 0.1) is 5.56 Å². The molecule has 0 atom stereocenters. The number of halogens is 3. The molecule has 0 radical (unpaired) electrons. The van der Waals surface area contributed by atoms with Gasteiger partial charge in [-0.3, -0.25) is 4.79 Å². The summed E-state index contributed by atoms with van der Waals surface area (Å²) >= 11 is 0. The second-order valence-electron chi connectivity index (χ2n) is 3.09. The van der Waals surface area contributed by atoms with E-state index >= 15 is 0 Å². The van der Waals surface area contributed by atoms with Gasteiger partial charge in [0, 0.05) is 5.69 Å². The number of nitrogens with zero attached hydrogens (tertiary/aromatic N) is 2. The van der Waals surface area contributed by atoms with Gasteiger partial charge in [-0.2, -0.15) is 18.4 Å². The van der Waals surface area contributed by atoms with Gasteiger partial charge in [0.25, 0.3) is 5.91 Å². The minimum atomic E-state index is -4.54.